The van der Waals surface area contributed by atoms with Crippen LogP contribution >= 0.6 is 36.4 Å². The number of unbranched alkanes of at least 4 members (excludes halogenated alkanes) is 1. The molecule has 11 N–H and O–H groups in total. The van der Waals surface area contributed by atoms with Gasteiger partial charge in [-0.25, -0.2) is 9.97 Å². The summed E-state index contributed by atoms with van der Waals surface area (Å²) < 4.78 is 5.41. The molecule has 1 aromatic heterocycles. The van der Waals surface area contributed by atoms with E-state index in [4.69, 9.17) is 45.0 Å². The van der Waals surface area contributed by atoms with Crippen molar-refractivity contribution in [1.82, 2.24) is 15.3 Å². The van der Waals surface area contributed by atoms with Gasteiger partial charge in [0.15, 0.2) is 34.7 Å². The van der Waals surface area contributed by atoms with Gasteiger partial charge < -0.3 is 27.7 Å². The van der Waals surface area contributed by atoms with Crippen LogP contribution in [0.2, 0.25) is 5.15 Å². The number of hydrogen-bond donors (Lipinski definition) is 6. The number of anilines is 2. The number of aryl methyl sites for hydroxylation is 1. The van der Waals surface area contributed by atoms with Gasteiger partial charge in [0.25, 0.3) is 5.91 Å². The zero-order chi connectivity index (χ0) is 23.7. The number of amides is 2. The van der Waals surface area contributed by atoms with Gasteiger partial charge in [-0.1, -0.05) is 23.7 Å². The van der Waals surface area contributed by atoms with E-state index in [0.29, 0.717) is 12.3 Å². The van der Waals surface area contributed by atoms with Gasteiger partial charge >= 0.3 is 0 Å². The summed E-state index contributed by atoms with van der Waals surface area (Å²) in [5, 5.41) is 2.25. The van der Waals surface area contributed by atoms with Crippen molar-refractivity contribution < 1.29 is 14.3 Å². The number of carbonyl (C=O) groups is 2. The number of hydrogen-bond acceptors (Lipinski definition) is 9. The van der Waals surface area contributed by atoms with Gasteiger partial charge in [-0.2, -0.15) is 0 Å². The molecule has 0 aliphatic carbocycles. The molecule has 1 heterocycles. The summed E-state index contributed by atoms with van der Waals surface area (Å²) >= 11 is 5.76. The minimum absolute atomic E-state index is 0. The van der Waals surface area contributed by atoms with Crippen molar-refractivity contribution in [2.24, 2.45) is 22.2 Å². The Morgan fingerprint density at radius 2 is 1.71 bits per heavy atom. The van der Waals surface area contributed by atoms with Crippen LogP contribution in [0.5, 0.6) is 5.75 Å². The summed E-state index contributed by atoms with van der Waals surface area (Å²) in [6.07, 6.45) is 1.57. The number of ether oxygens (including phenoxy) is 1. The van der Waals surface area contributed by atoms with Crippen LogP contribution in [0.25, 0.3) is 0 Å². The summed E-state index contributed by atoms with van der Waals surface area (Å²) in [4.78, 5) is 34.6. The molecule has 0 radical (unpaired) electrons. The van der Waals surface area contributed by atoms with Crippen LogP contribution in [-0.2, 0) is 11.2 Å². The van der Waals surface area contributed by atoms with Gasteiger partial charge in [0.2, 0.25) is 5.91 Å². The Balaban J connectivity index is 0.00000544. The molecule has 0 saturated heterocycles. The summed E-state index contributed by atoms with van der Waals surface area (Å²) in [5.74, 6) is -0.957. The van der Waals surface area contributed by atoms with E-state index in [1.54, 1.807) is 12.1 Å². The highest BCUT2D eigenvalue weighted by atomic mass is 35.5. The Morgan fingerprint density at radius 1 is 1.06 bits per heavy atom. The molecule has 2 rings (SSSR count). The first-order chi connectivity index (χ1) is 15.2. The number of primary amides is 1. The van der Waals surface area contributed by atoms with Crippen LogP contribution in [-0.4, -0.2) is 40.5 Å². The van der Waals surface area contributed by atoms with E-state index >= 15 is 0 Å². The molecule has 0 aliphatic heterocycles. The number of nitrogens with zero attached hydrogens (tertiary/aromatic N) is 3. The molecule has 0 saturated carbocycles. The van der Waals surface area contributed by atoms with E-state index in [2.05, 4.69) is 20.3 Å². The van der Waals surface area contributed by atoms with Gasteiger partial charge in [0.1, 0.15) is 5.75 Å². The largest absolute Gasteiger partial charge is 0.475 e. The zero-order valence-corrected chi connectivity index (χ0v) is 20.5. The number of nitrogens with two attached hydrogens (primary N) is 5. The molecule has 0 unspecified atom stereocenters. The molecule has 0 fully saturated rings. The van der Waals surface area contributed by atoms with Crippen molar-refractivity contribution in [2.45, 2.75) is 31.9 Å². The maximum atomic E-state index is 12.2. The number of halogens is 3. The fourth-order valence-electron chi connectivity index (χ4n) is 2.61. The summed E-state index contributed by atoms with van der Waals surface area (Å²) in [6, 6.07) is 7.38. The van der Waals surface area contributed by atoms with Crippen LogP contribution in [0.3, 0.4) is 0 Å². The number of aliphatic imine (C=N–C) groups is 1. The first-order valence-corrected chi connectivity index (χ1v) is 10.0. The Bertz CT molecular complexity index is 991. The predicted molar refractivity (Wildman–Crippen MR) is 136 cm³/mol. The molecule has 34 heavy (non-hydrogen) atoms. The Morgan fingerprint density at radius 3 is 2.32 bits per heavy atom. The molecular formula is C19H28Cl3N9O3. The number of rotatable bonds is 10. The van der Waals surface area contributed by atoms with Crippen LogP contribution in [0.4, 0.5) is 11.6 Å². The monoisotopic (exact) mass is 535 g/mol. The molecule has 15 heteroatoms. The average Bonchev–Trinajstić information content (AvgIpc) is 2.71. The third-order valence-electron chi connectivity index (χ3n) is 4.13. The van der Waals surface area contributed by atoms with Crippen LogP contribution in [0.1, 0.15) is 35.3 Å². The second-order valence-corrected chi connectivity index (χ2v) is 7.14. The standard InChI is InChI=1S/C19H26ClN9O3.2ClH/c20-15-17(24)28-16(23)14(27-15)18(31)29-19(25)26-8-2-1-3-10-4-6-11(7-5-10)32-13(22)9-12(21)30;;/h4-7,13H,1-3,8-9,22H2,(H2,21,30)(H4,23,24,28)(H3,25,26,29,31);2*1H/t13-;;/m1../s1. The van der Waals surface area contributed by atoms with Crippen LogP contribution < -0.4 is 38.7 Å². The molecule has 0 bridgehead atoms. The van der Waals surface area contributed by atoms with E-state index in [1.165, 1.54) is 0 Å². The topological polar surface area (TPSA) is 224 Å². The summed E-state index contributed by atoms with van der Waals surface area (Å²) in [6.45, 7) is 0.416. The quantitative estimate of drug-likeness (QED) is 0.109. The lowest BCUT2D eigenvalue weighted by atomic mass is 10.1. The van der Waals surface area contributed by atoms with Gasteiger partial charge in [-0.3, -0.25) is 25.6 Å². The maximum absolute atomic E-state index is 12.2. The maximum Gasteiger partial charge on any atom is 0.280 e. The lowest BCUT2D eigenvalue weighted by Crippen LogP contribution is -2.38. The van der Waals surface area contributed by atoms with Crippen molar-refractivity contribution >= 4 is 65.8 Å². The minimum Gasteiger partial charge on any atom is -0.475 e. The van der Waals surface area contributed by atoms with E-state index in [9.17, 15) is 9.59 Å². The second-order valence-electron chi connectivity index (χ2n) is 6.78. The number of guanidine groups is 1. The number of aromatic nitrogens is 2. The van der Waals surface area contributed by atoms with Crippen molar-refractivity contribution in [1.29, 1.82) is 0 Å². The van der Waals surface area contributed by atoms with Crippen molar-refractivity contribution in [2.75, 3.05) is 18.0 Å². The van der Waals surface area contributed by atoms with Crippen LogP contribution in [0.15, 0.2) is 29.3 Å². The molecule has 0 aliphatic rings. The lowest BCUT2D eigenvalue weighted by Gasteiger charge is -2.13. The minimum atomic E-state index is -0.775. The SMILES string of the molecule is Cl.Cl.NC(=O)C[C@H](N)Oc1ccc(CCCCN=C(N)NC(=O)c2nc(Cl)c(N)nc2N)cc1. The zero-order valence-electron chi connectivity index (χ0n) is 18.1. The molecule has 188 valence electrons. The van der Waals surface area contributed by atoms with E-state index < -0.39 is 18.0 Å². The van der Waals surface area contributed by atoms with E-state index in [0.717, 1.165) is 24.8 Å². The van der Waals surface area contributed by atoms with Gasteiger partial charge in [0.05, 0.1) is 6.42 Å². The highest BCUT2D eigenvalue weighted by molar-refractivity contribution is 6.31. The molecule has 1 aromatic carbocycles. The molecule has 2 amide bonds. The molecular weight excluding hydrogens is 509 g/mol. The second kappa shape index (κ2) is 15.0. The molecule has 0 spiro atoms. The first kappa shape index (κ1) is 30.9. The summed E-state index contributed by atoms with van der Waals surface area (Å²) in [7, 11) is 0. The number of nitrogens with one attached hydrogen (secondary N) is 1. The fraction of sp³-hybridized carbons (Fsp3) is 0.316. The summed E-state index contributed by atoms with van der Waals surface area (Å²) in [5.41, 5.74) is 28.5. The Hall–Kier alpha value is -3.06. The van der Waals surface area contributed by atoms with Gasteiger partial charge in [-0.15, -0.1) is 24.8 Å². The third-order valence-corrected chi connectivity index (χ3v) is 4.41. The fourth-order valence-corrected chi connectivity index (χ4v) is 2.74. The normalized spacial score (nSPS) is 11.5. The Labute approximate surface area is 213 Å². The van der Waals surface area contributed by atoms with Crippen molar-refractivity contribution in [3.8, 4) is 5.75 Å². The highest BCUT2D eigenvalue weighted by Gasteiger charge is 2.16. The molecule has 12 nitrogen and oxygen atoms in total. The van der Waals surface area contributed by atoms with E-state index in [-0.39, 0.29) is 59.7 Å². The third kappa shape index (κ3) is 10.3. The number of carbonyl (C=O) groups excluding carboxylic acids is 2. The lowest BCUT2D eigenvalue weighted by molar-refractivity contribution is -0.119. The average molecular weight is 537 g/mol. The number of nitrogen functional groups attached to an aromatic ring is 2. The van der Waals surface area contributed by atoms with Gasteiger partial charge in [0, 0.05) is 6.54 Å². The van der Waals surface area contributed by atoms with E-state index in [1.807, 2.05) is 12.1 Å². The molecule has 2 aromatic rings. The van der Waals surface area contributed by atoms with Crippen molar-refractivity contribution in [3.63, 3.8) is 0 Å². The smallest absolute Gasteiger partial charge is 0.280 e. The molecule has 1 atom stereocenters. The first-order valence-electron chi connectivity index (χ1n) is 9.65. The van der Waals surface area contributed by atoms with Crippen molar-refractivity contribution in [3.05, 3.63) is 40.7 Å². The Kier molecular flexibility index (Phi) is 13.6. The highest BCUT2D eigenvalue weighted by Crippen LogP contribution is 2.17. The van der Waals surface area contributed by atoms with Crippen LogP contribution in [0, 0.1) is 0 Å². The number of benzene rings is 1. The predicted octanol–water partition coefficient (Wildman–Crippen LogP) is 0.744. The van der Waals surface area contributed by atoms with Gasteiger partial charge in [-0.05, 0) is 37.0 Å².